The molecule has 0 fully saturated rings. The third kappa shape index (κ3) is 2.87. The van der Waals surface area contributed by atoms with Gasteiger partial charge in [-0.2, -0.15) is 0 Å². The average molecular weight is 406 g/mol. The second-order valence-corrected chi connectivity index (χ2v) is 6.69. The largest absolute Gasteiger partial charge is 0.306 e. The normalized spacial score (nSPS) is 11.1. The van der Waals surface area contributed by atoms with E-state index in [2.05, 4.69) is 20.4 Å². The molecular formula is C17H11Cl3N6. The topological polar surface area (TPSA) is 81.7 Å². The van der Waals surface area contributed by atoms with Crippen LogP contribution >= 0.6 is 34.8 Å². The summed E-state index contributed by atoms with van der Waals surface area (Å²) in [5, 5.41) is 1.64. The lowest BCUT2D eigenvalue weighted by molar-refractivity contribution is 1.07. The molecule has 0 amide bonds. The van der Waals surface area contributed by atoms with Gasteiger partial charge in [-0.05, 0) is 42.5 Å². The first-order valence-electron chi connectivity index (χ1n) is 7.50. The maximum Gasteiger partial charge on any atom is 0.171 e. The molecule has 0 aliphatic heterocycles. The number of anilines is 1. The van der Waals surface area contributed by atoms with E-state index in [0.29, 0.717) is 43.4 Å². The van der Waals surface area contributed by atoms with Gasteiger partial charge in [0.25, 0.3) is 0 Å². The van der Waals surface area contributed by atoms with E-state index >= 15 is 0 Å². The van der Waals surface area contributed by atoms with Gasteiger partial charge < -0.3 is 5.43 Å². The Morgan fingerprint density at radius 1 is 0.923 bits per heavy atom. The Hall–Kier alpha value is -2.38. The highest BCUT2D eigenvalue weighted by atomic mass is 35.5. The highest BCUT2D eigenvalue weighted by Crippen LogP contribution is 2.35. The Morgan fingerprint density at radius 2 is 1.65 bits per heavy atom. The van der Waals surface area contributed by atoms with E-state index < -0.39 is 0 Å². The molecular weight excluding hydrogens is 395 g/mol. The number of nitrogens with zero attached hydrogens (tertiary/aromatic N) is 4. The van der Waals surface area contributed by atoms with Gasteiger partial charge in [0.1, 0.15) is 12.2 Å². The monoisotopic (exact) mass is 404 g/mol. The molecule has 9 heteroatoms. The maximum absolute atomic E-state index is 6.41. The first-order valence-corrected chi connectivity index (χ1v) is 8.63. The summed E-state index contributed by atoms with van der Waals surface area (Å²) in [7, 11) is 0. The van der Waals surface area contributed by atoms with Crippen LogP contribution < -0.4 is 11.3 Å². The van der Waals surface area contributed by atoms with Crippen LogP contribution in [0.25, 0.3) is 28.2 Å². The molecule has 2 aromatic carbocycles. The summed E-state index contributed by atoms with van der Waals surface area (Å²) in [6.45, 7) is 0. The van der Waals surface area contributed by atoms with Crippen molar-refractivity contribution < 1.29 is 0 Å². The molecule has 6 nitrogen and oxygen atoms in total. The number of nitrogens with two attached hydrogens (primary N) is 1. The second-order valence-electron chi connectivity index (χ2n) is 5.41. The number of hydrazine groups is 1. The van der Waals surface area contributed by atoms with E-state index in [0.717, 1.165) is 5.69 Å². The van der Waals surface area contributed by atoms with Gasteiger partial charge >= 0.3 is 0 Å². The van der Waals surface area contributed by atoms with Crippen LogP contribution in [0, 0.1) is 0 Å². The van der Waals surface area contributed by atoms with Gasteiger partial charge in [0.05, 0.1) is 5.02 Å². The molecule has 2 heterocycles. The SMILES string of the molecule is NNc1ncnc2c1nc(-c1ccc(Cl)cc1Cl)n2-c1ccc(Cl)cc1. The van der Waals surface area contributed by atoms with Crippen molar-refractivity contribution in [3.63, 3.8) is 0 Å². The van der Waals surface area contributed by atoms with E-state index in [-0.39, 0.29) is 0 Å². The molecule has 0 saturated heterocycles. The van der Waals surface area contributed by atoms with E-state index in [1.807, 2.05) is 16.7 Å². The molecule has 0 aliphatic rings. The zero-order valence-corrected chi connectivity index (χ0v) is 15.4. The van der Waals surface area contributed by atoms with Gasteiger partial charge in [0.2, 0.25) is 0 Å². The first kappa shape index (κ1) is 17.1. The standard InChI is InChI=1S/C17H11Cl3N6/c18-9-1-4-11(5-2-9)26-16(12-6-3-10(19)7-13(12)20)24-14-15(25-21)22-8-23-17(14)26/h1-8H,21H2,(H,22,23,25). The molecule has 4 rings (SSSR count). The van der Waals surface area contributed by atoms with Crippen LogP contribution in [0.5, 0.6) is 0 Å². The lowest BCUT2D eigenvalue weighted by Crippen LogP contribution is -2.09. The number of halogens is 3. The molecule has 3 N–H and O–H groups in total. The van der Waals surface area contributed by atoms with Crippen molar-refractivity contribution in [2.75, 3.05) is 5.43 Å². The smallest absolute Gasteiger partial charge is 0.171 e. The lowest BCUT2D eigenvalue weighted by atomic mass is 10.2. The van der Waals surface area contributed by atoms with Crippen LogP contribution in [0.3, 0.4) is 0 Å². The van der Waals surface area contributed by atoms with Crippen LogP contribution in [0.15, 0.2) is 48.8 Å². The van der Waals surface area contributed by atoms with E-state index in [1.165, 1.54) is 6.33 Å². The van der Waals surface area contributed by atoms with E-state index in [1.54, 1.807) is 30.3 Å². The summed E-state index contributed by atoms with van der Waals surface area (Å²) in [5.41, 5.74) is 5.16. The predicted molar refractivity (Wildman–Crippen MR) is 105 cm³/mol. The molecule has 0 aliphatic carbocycles. The summed E-state index contributed by atoms with van der Waals surface area (Å²) in [4.78, 5) is 13.2. The first-order chi connectivity index (χ1) is 12.6. The minimum atomic E-state index is 0.411. The molecule has 130 valence electrons. The molecule has 0 bridgehead atoms. The number of nitrogen functional groups attached to an aromatic ring is 1. The number of aromatic nitrogens is 4. The van der Waals surface area contributed by atoms with Crippen LogP contribution in [0.2, 0.25) is 15.1 Å². The Bertz CT molecular complexity index is 1110. The zero-order chi connectivity index (χ0) is 18.3. The summed E-state index contributed by atoms with van der Waals surface area (Å²) in [6.07, 6.45) is 1.42. The maximum atomic E-state index is 6.41. The lowest BCUT2D eigenvalue weighted by Gasteiger charge is -2.10. The predicted octanol–water partition coefficient (Wildman–Crippen LogP) is 4.73. The van der Waals surface area contributed by atoms with Gasteiger partial charge in [-0.3, -0.25) is 4.57 Å². The van der Waals surface area contributed by atoms with Crippen molar-refractivity contribution in [2.24, 2.45) is 5.84 Å². The quantitative estimate of drug-likeness (QED) is 0.380. The fourth-order valence-electron chi connectivity index (χ4n) is 2.68. The van der Waals surface area contributed by atoms with Gasteiger partial charge in [0, 0.05) is 21.3 Å². The molecule has 0 unspecified atom stereocenters. The third-order valence-corrected chi connectivity index (χ3v) is 4.64. The molecule has 0 spiro atoms. The van der Waals surface area contributed by atoms with Crippen LogP contribution in [0.4, 0.5) is 5.82 Å². The van der Waals surface area contributed by atoms with Gasteiger partial charge in [0.15, 0.2) is 17.0 Å². The fraction of sp³-hybridized carbons (Fsp3) is 0. The highest BCUT2D eigenvalue weighted by molar-refractivity contribution is 6.36. The van der Waals surface area contributed by atoms with Gasteiger partial charge in [-0.25, -0.2) is 20.8 Å². The van der Waals surface area contributed by atoms with Crippen LogP contribution in [0.1, 0.15) is 0 Å². The van der Waals surface area contributed by atoms with E-state index in [4.69, 9.17) is 40.6 Å². The molecule has 2 aromatic heterocycles. The number of nitrogens with one attached hydrogen (secondary N) is 1. The summed E-state index contributed by atoms with van der Waals surface area (Å²) < 4.78 is 1.86. The van der Waals surface area contributed by atoms with Crippen molar-refractivity contribution in [3.8, 4) is 17.1 Å². The Kier molecular flexibility index (Phi) is 4.42. The average Bonchev–Trinajstić information content (AvgIpc) is 3.01. The number of fused-ring (bicyclic) bond motifs is 1. The molecule has 4 aromatic rings. The second kappa shape index (κ2) is 6.74. The molecule has 0 atom stereocenters. The van der Waals surface area contributed by atoms with Crippen LogP contribution in [-0.2, 0) is 0 Å². The number of benzene rings is 2. The van der Waals surface area contributed by atoms with Crippen molar-refractivity contribution >= 4 is 51.8 Å². The third-order valence-electron chi connectivity index (χ3n) is 3.84. The zero-order valence-electron chi connectivity index (χ0n) is 13.1. The molecule has 0 radical (unpaired) electrons. The van der Waals surface area contributed by atoms with E-state index in [9.17, 15) is 0 Å². The minimum Gasteiger partial charge on any atom is -0.306 e. The molecule has 26 heavy (non-hydrogen) atoms. The van der Waals surface area contributed by atoms with Crippen molar-refractivity contribution in [1.82, 2.24) is 19.5 Å². The van der Waals surface area contributed by atoms with Crippen molar-refractivity contribution in [2.45, 2.75) is 0 Å². The number of rotatable bonds is 3. The number of hydrogen-bond donors (Lipinski definition) is 2. The van der Waals surface area contributed by atoms with Crippen molar-refractivity contribution in [1.29, 1.82) is 0 Å². The Balaban J connectivity index is 2.08. The molecule has 0 saturated carbocycles. The highest BCUT2D eigenvalue weighted by Gasteiger charge is 2.20. The minimum absolute atomic E-state index is 0.411. The summed E-state index contributed by atoms with van der Waals surface area (Å²) in [5.74, 6) is 6.57. The van der Waals surface area contributed by atoms with Gasteiger partial charge in [-0.1, -0.05) is 34.8 Å². The van der Waals surface area contributed by atoms with Gasteiger partial charge in [-0.15, -0.1) is 0 Å². The Labute approximate surface area is 163 Å². The van der Waals surface area contributed by atoms with Crippen molar-refractivity contribution in [3.05, 3.63) is 63.9 Å². The fourth-order valence-corrected chi connectivity index (χ4v) is 3.30. The number of hydrogen-bond acceptors (Lipinski definition) is 5. The summed E-state index contributed by atoms with van der Waals surface area (Å²) >= 11 is 18.5. The van der Waals surface area contributed by atoms with Crippen LogP contribution in [-0.4, -0.2) is 19.5 Å². The summed E-state index contributed by atoms with van der Waals surface area (Å²) in [6, 6.07) is 12.5. The number of imidazole rings is 1. The Morgan fingerprint density at radius 3 is 2.35 bits per heavy atom.